The van der Waals surface area contributed by atoms with Crippen LogP contribution in [0.2, 0.25) is 0 Å². The van der Waals surface area contributed by atoms with Gasteiger partial charge in [0.05, 0.1) is 0 Å². The van der Waals surface area contributed by atoms with Gasteiger partial charge in [-0.15, -0.1) is 0 Å². The average Bonchev–Trinajstić information content (AvgIpc) is 3.48. The zero-order chi connectivity index (χ0) is 59.9. The molecule has 1 atom stereocenters. The second kappa shape index (κ2) is 71.1. The van der Waals surface area contributed by atoms with Gasteiger partial charge in [-0.2, -0.15) is 0 Å². The van der Waals surface area contributed by atoms with Crippen molar-refractivity contribution in [2.75, 3.05) is 13.2 Å². The van der Waals surface area contributed by atoms with Crippen LogP contribution < -0.4 is 0 Å². The van der Waals surface area contributed by atoms with Gasteiger partial charge in [0.1, 0.15) is 13.2 Å². The largest absolute Gasteiger partial charge is 0.462 e. The number of hydrogen-bond donors (Lipinski definition) is 0. The summed E-state index contributed by atoms with van der Waals surface area (Å²) in [5.41, 5.74) is 0. The third-order valence-electron chi connectivity index (χ3n) is 15.9. The lowest BCUT2D eigenvalue weighted by molar-refractivity contribution is -0.167. The summed E-state index contributed by atoms with van der Waals surface area (Å²) in [4.78, 5) is 38.1. The topological polar surface area (TPSA) is 78.9 Å². The van der Waals surface area contributed by atoms with Gasteiger partial charge < -0.3 is 14.2 Å². The van der Waals surface area contributed by atoms with Gasteiger partial charge in [-0.3, -0.25) is 14.4 Å². The maximum absolute atomic E-state index is 12.9. The third-order valence-corrected chi connectivity index (χ3v) is 15.9. The van der Waals surface area contributed by atoms with Crippen LogP contribution >= 0.6 is 0 Å². The molecule has 6 nitrogen and oxygen atoms in total. The van der Waals surface area contributed by atoms with Crippen LogP contribution in [0.5, 0.6) is 0 Å². The summed E-state index contributed by atoms with van der Waals surface area (Å²) in [5, 5.41) is 0. The smallest absolute Gasteiger partial charge is 0.306 e. The molecule has 0 saturated heterocycles. The summed E-state index contributed by atoms with van der Waals surface area (Å²) in [6.45, 7) is 6.51. The predicted molar refractivity (Wildman–Crippen MR) is 362 cm³/mol. The van der Waals surface area contributed by atoms with Crippen LogP contribution in [0, 0.1) is 0 Å². The third kappa shape index (κ3) is 69.3. The van der Waals surface area contributed by atoms with Crippen molar-refractivity contribution in [3.05, 3.63) is 85.1 Å². The summed E-state index contributed by atoms with van der Waals surface area (Å²) in [7, 11) is 0. The minimum atomic E-state index is -0.780. The number of allylic oxidation sites excluding steroid dienone is 14. The summed E-state index contributed by atoms with van der Waals surface area (Å²) >= 11 is 0. The summed E-state index contributed by atoms with van der Waals surface area (Å²) in [5.74, 6) is -0.882. The molecule has 480 valence electrons. The molecule has 0 N–H and O–H groups in total. The van der Waals surface area contributed by atoms with Gasteiger partial charge in [-0.1, -0.05) is 356 Å². The lowest BCUT2D eigenvalue weighted by Crippen LogP contribution is -2.30. The van der Waals surface area contributed by atoms with Gasteiger partial charge in [-0.05, 0) is 77.0 Å². The Kier molecular flexibility index (Phi) is 68.2. The van der Waals surface area contributed by atoms with E-state index >= 15 is 0 Å². The van der Waals surface area contributed by atoms with E-state index in [1.165, 1.54) is 218 Å². The number of hydrogen-bond acceptors (Lipinski definition) is 6. The van der Waals surface area contributed by atoms with Crippen LogP contribution in [0.25, 0.3) is 0 Å². The molecule has 0 aromatic carbocycles. The Morgan fingerprint density at radius 1 is 0.253 bits per heavy atom. The first-order valence-electron chi connectivity index (χ1n) is 36.1. The van der Waals surface area contributed by atoms with Crippen molar-refractivity contribution in [1.82, 2.24) is 0 Å². The number of esters is 3. The molecular weight excluding hydrogens is 1020 g/mol. The molecule has 0 rings (SSSR count). The van der Waals surface area contributed by atoms with Gasteiger partial charge >= 0.3 is 17.9 Å². The molecule has 0 heterocycles. The second-order valence-electron chi connectivity index (χ2n) is 24.1. The fourth-order valence-electron chi connectivity index (χ4n) is 10.5. The van der Waals surface area contributed by atoms with Gasteiger partial charge in [0, 0.05) is 19.3 Å². The Bertz CT molecular complexity index is 1570. The summed E-state index contributed by atoms with van der Waals surface area (Å²) in [6, 6.07) is 0. The SMILES string of the molecule is CC/C=C\C/C=C\C/C=C\C/C=C\C/C=C\C/C=C\C/C=C\CCCCCCCCCC(=O)OC(COC(=O)CCCCCCCC)COC(=O)CCCCCCCCCCCCCCCCCCCCCCCCCCCCCCCC. The maximum atomic E-state index is 12.9. The molecule has 0 aromatic heterocycles. The lowest BCUT2D eigenvalue weighted by atomic mass is 10.0. The number of ether oxygens (including phenoxy) is 3. The highest BCUT2D eigenvalue weighted by molar-refractivity contribution is 5.71. The Morgan fingerprint density at radius 2 is 0.470 bits per heavy atom. The van der Waals surface area contributed by atoms with Crippen LogP contribution in [0.1, 0.15) is 367 Å². The van der Waals surface area contributed by atoms with E-state index in [-0.39, 0.29) is 31.1 Å². The van der Waals surface area contributed by atoms with Gasteiger partial charge in [0.15, 0.2) is 6.10 Å². The van der Waals surface area contributed by atoms with E-state index in [0.717, 1.165) is 109 Å². The highest BCUT2D eigenvalue weighted by Gasteiger charge is 2.19. The van der Waals surface area contributed by atoms with Crippen LogP contribution in [0.3, 0.4) is 0 Å². The average molecular weight is 1160 g/mol. The quantitative estimate of drug-likeness (QED) is 0.0261. The Morgan fingerprint density at radius 3 is 0.735 bits per heavy atom. The normalized spacial score (nSPS) is 12.6. The molecule has 0 bridgehead atoms. The Balaban J connectivity index is 4.03. The van der Waals surface area contributed by atoms with Crippen molar-refractivity contribution in [3.8, 4) is 0 Å². The number of rotatable bonds is 66. The molecular formula is C77H136O6. The molecule has 6 heteroatoms. The highest BCUT2D eigenvalue weighted by atomic mass is 16.6. The maximum Gasteiger partial charge on any atom is 0.306 e. The minimum absolute atomic E-state index is 0.0772. The lowest BCUT2D eigenvalue weighted by Gasteiger charge is -2.18. The molecule has 83 heavy (non-hydrogen) atoms. The standard InChI is InChI=1S/C77H136O6/c1-4-7-10-13-16-18-20-22-24-26-28-30-32-34-36-38-40-41-43-45-47-49-51-53-55-57-59-61-64-67-70-76(79)82-73-74(72-81-75(78)69-66-63-15-12-9-6-3)83-77(80)71-68-65-62-60-58-56-54-52-50-48-46-44-42-39-37-35-33-31-29-27-25-23-21-19-17-14-11-8-5-2/h8,11,17,19,23,25,29,31,35,37,42,44,48,50,74H,4-7,9-10,12-16,18,20-22,24,26-28,30,32-34,36,38-41,43,45-47,49,51-73H2,1-3H3/b11-8-,19-17-,25-23-,31-29-,37-35-,44-42-,50-48-. The van der Waals surface area contributed by atoms with E-state index in [4.69, 9.17) is 14.2 Å². The molecule has 0 fully saturated rings. The molecule has 0 spiro atoms. The van der Waals surface area contributed by atoms with Crippen LogP contribution in [0.4, 0.5) is 0 Å². The first-order valence-corrected chi connectivity index (χ1v) is 36.1. The van der Waals surface area contributed by atoms with Crippen molar-refractivity contribution in [2.45, 2.75) is 374 Å². The van der Waals surface area contributed by atoms with Gasteiger partial charge in [0.25, 0.3) is 0 Å². The van der Waals surface area contributed by atoms with Crippen LogP contribution in [-0.2, 0) is 28.6 Å². The first kappa shape index (κ1) is 79.6. The molecule has 0 aliphatic carbocycles. The number of unbranched alkanes of at least 4 members (excludes halogenated alkanes) is 41. The van der Waals surface area contributed by atoms with Crippen molar-refractivity contribution in [3.63, 3.8) is 0 Å². The first-order chi connectivity index (χ1) is 41.0. The molecule has 0 radical (unpaired) electrons. The van der Waals surface area contributed by atoms with E-state index < -0.39 is 6.10 Å². The van der Waals surface area contributed by atoms with Gasteiger partial charge in [0.2, 0.25) is 0 Å². The van der Waals surface area contributed by atoms with E-state index in [1.807, 2.05) is 0 Å². The Labute approximate surface area is 515 Å². The summed E-state index contributed by atoms with van der Waals surface area (Å²) < 4.78 is 16.9. The molecule has 0 saturated carbocycles. The van der Waals surface area contributed by atoms with Crippen molar-refractivity contribution in [2.24, 2.45) is 0 Å². The monoisotopic (exact) mass is 1160 g/mol. The molecule has 0 aliphatic heterocycles. The molecule has 1 unspecified atom stereocenters. The van der Waals surface area contributed by atoms with Crippen LogP contribution in [-0.4, -0.2) is 37.2 Å². The summed E-state index contributed by atoms with van der Waals surface area (Å²) in [6.07, 6.45) is 95.2. The minimum Gasteiger partial charge on any atom is -0.462 e. The fraction of sp³-hybridized carbons (Fsp3) is 0.779. The molecule has 0 aliphatic rings. The van der Waals surface area contributed by atoms with E-state index in [2.05, 4.69) is 106 Å². The zero-order valence-corrected chi connectivity index (χ0v) is 55.2. The predicted octanol–water partition coefficient (Wildman–Crippen LogP) is 25.0. The number of carbonyl (C=O) groups excluding carboxylic acids is 3. The van der Waals surface area contributed by atoms with Crippen molar-refractivity contribution in [1.29, 1.82) is 0 Å². The molecule has 0 aromatic rings. The second-order valence-corrected chi connectivity index (χ2v) is 24.1. The van der Waals surface area contributed by atoms with E-state index in [1.54, 1.807) is 0 Å². The van der Waals surface area contributed by atoms with Gasteiger partial charge in [-0.25, -0.2) is 0 Å². The zero-order valence-electron chi connectivity index (χ0n) is 55.2. The molecule has 0 amide bonds. The van der Waals surface area contributed by atoms with E-state index in [9.17, 15) is 14.4 Å². The van der Waals surface area contributed by atoms with Crippen molar-refractivity contribution < 1.29 is 28.6 Å². The number of carbonyl (C=O) groups is 3. The van der Waals surface area contributed by atoms with Crippen LogP contribution in [0.15, 0.2) is 85.1 Å². The fourth-order valence-corrected chi connectivity index (χ4v) is 10.5. The Hall–Kier alpha value is -3.41. The van der Waals surface area contributed by atoms with E-state index in [0.29, 0.717) is 19.3 Å². The van der Waals surface area contributed by atoms with Crippen molar-refractivity contribution >= 4 is 17.9 Å². The highest BCUT2D eigenvalue weighted by Crippen LogP contribution is 2.18.